The lowest BCUT2D eigenvalue weighted by molar-refractivity contribution is 0.372. The first-order chi connectivity index (χ1) is 13.2. The summed E-state index contributed by atoms with van der Waals surface area (Å²) in [5, 5.41) is 3.46. The highest BCUT2D eigenvalue weighted by molar-refractivity contribution is 9.10. The van der Waals surface area contributed by atoms with Crippen LogP contribution in [-0.2, 0) is 6.54 Å². The number of benzene rings is 1. The van der Waals surface area contributed by atoms with Crippen LogP contribution >= 0.6 is 15.9 Å². The molecule has 2 aromatic heterocycles. The van der Waals surface area contributed by atoms with Gasteiger partial charge in [-0.25, -0.2) is 4.98 Å². The third-order valence-corrected chi connectivity index (χ3v) is 5.27. The Hall–Kier alpha value is -2.54. The highest BCUT2D eigenvalue weighted by Gasteiger charge is 2.19. The number of nitrogens with one attached hydrogen (secondary N) is 1. The van der Waals surface area contributed by atoms with Gasteiger partial charge in [0.05, 0.1) is 12.2 Å². The number of fused-ring (bicyclic) bond motifs is 1. The average molecular weight is 427 g/mol. The Morgan fingerprint density at radius 1 is 1.07 bits per heavy atom. The molecule has 1 aromatic carbocycles. The van der Waals surface area contributed by atoms with Gasteiger partial charge in [-0.1, -0.05) is 18.2 Å². The number of aromatic nitrogens is 2. The van der Waals surface area contributed by atoms with Crippen LogP contribution in [0.25, 0.3) is 5.65 Å². The van der Waals surface area contributed by atoms with Crippen molar-refractivity contribution in [1.82, 2.24) is 19.6 Å². The fourth-order valence-corrected chi connectivity index (χ4v) is 3.77. The average Bonchev–Trinajstić information content (AvgIpc) is 3.11. The summed E-state index contributed by atoms with van der Waals surface area (Å²) in [5.41, 5.74) is 3.23. The predicted molar refractivity (Wildman–Crippen MR) is 113 cm³/mol. The summed E-state index contributed by atoms with van der Waals surface area (Å²) in [4.78, 5) is 13.9. The van der Waals surface area contributed by atoms with E-state index in [2.05, 4.69) is 71.4 Å². The Morgan fingerprint density at radius 3 is 2.59 bits per heavy atom. The number of para-hydroxylation sites is 1. The zero-order valence-electron chi connectivity index (χ0n) is 15.3. The van der Waals surface area contributed by atoms with E-state index in [-0.39, 0.29) is 0 Å². The monoisotopic (exact) mass is 426 g/mol. The Labute approximate surface area is 167 Å². The van der Waals surface area contributed by atoms with E-state index in [9.17, 15) is 0 Å². The van der Waals surface area contributed by atoms with Crippen LogP contribution in [0.2, 0.25) is 0 Å². The molecule has 1 aliphatic heterocycles. The van der Waals surface area contributed by atoms with Crippen LogP contribution < -0.4 is 10.2 Å². The first-order valence-electron chi connectivity index (χ1n) is 9.11. The number of rotatable bonds is 3. The maximum atomic E-state index is 4.65. The molecule has 0 saturated carbocycles. The van der Waals surface area contributed by atoms with E-state index in [1.165, 1.54) is 5.69 Å². The van der Waals surface area contributed by atoms with Crippen molar-refractivity contribution < 1.29 is 0 Å². The van der Waals surface area contributed by atoms with Crippen molar-refractivity contribution in [3.05, 3.63) is 65.0 Å². The van der Waals surface area contributed by atoms with Crippen molar-refractivity contribution in [3.8, 4) is 0 Å². The SMILES string of the molecule is CN=C(NCc1cn2cc(Br)ccc2n1)N1CCN(c2ccccc2)CC1. The molecule has 7 heteroatoms. The molecule has 0 spiro atoms. The number of guanidine groups is 1. The largest absolute Gasteiger partial charge is 0.368 e. The lowest BCUT2D eigenvalue weighted by atomic mass is 10.2. The molecule has 0 atom stereocenters. The van der Waals surface area contributed by atoms with E-state index in [0.717, 1.165) is 48.0 Å². The maximum absolute atomic E-state index is 4.65. The number of halogens is 1. The number of hydrogen-bond donors (Lipinski definition) is 1. The Bertz CT molecular complexity index is 928. The first kappa shape index (κ1) is 17.9. The van der Waals surface area contributed by atoms with Crippen LogP contribution in [0.4, 0.5) is 5.69 Å². The number of nitrogens with zero attached hydrogens (tertiary/aromatic N) is 5. The number of aliphatic imine (C=N–C) groups is 1. The topological polar surface area (TPSA) is 48.2 Å². The molecule has 4 rings (SSSR count). The Balaban J connectivity index is 1.35. The summed E-state index contributed by atoms with van der Waals surface area (Å²) in [6, 6.07) is 14.6. The van der Waals surface area contributed by atoms with Gasteiger partial charge in [-0.15, -0.1) is 0 Å². The maximum Gasteiger partial charge on any atom is 0.194 e. The summed E-state index contributed by atoms with van der Waals surface area (Å²) in [6.45, 7) is 4.55. The molecule has 3 heterocycles. The Kier molecular flexibility index (Phi) is 5.29. The highest BCUT2D eigenvalue weighted by Crippen LogP contribution is 2.16. The van der Waals surface area contributed by atoms with E-state index in [1.807, 2.05) is 36.0 Å². The van der Waals surface area contributed by atoms with Gasteiger partial charge in [-0.05, 0) is 40.2 Å². The van der Waals surface area contributed by atoms with Gasteiger partial charge in [-0.3, -0.25) is 4.99 Å². The first-order valence-corrected chi connectivity index (χ1v) is 9.91. The van der Waals surface area contributed by atoms with Crippen molar-refractivity contribution in [2.45, 2.75) is 6.54 Å². The molecule has 1 fully saturated rings. The van der Waals surface area contributed by atoms with Crippen LogP contribution in [0.15, 0.2) is 64.3 Å². The molecule has 0 aliphatic carbocycles. The molecule has 1 saturated heterocycles. The molecule has 3 aromatic rings. The molecule has 1 N–H and O–H groups in total. The quantitative estimate of drug-likeness (QED) is 0.516. The standard InChI is InChI=1S/C20H23BrN6/c1-22-20(23-13-17-15-27-14-16(21)7-8-19(27)24-17)26-11-9-25(10-12-26)18-5-3-2-4-6-18/h2-8,14-15H,9-13H2,1H3,(H,22,23). The van der Waals surface area contributed by atoms with E-state index in [0.29, 0.717) is 6.54 Å². The van der Waals surface area contributed by atoms with Crippen LogP contribution in [0.1, 0.15) is 5.69 Å². The molecular formula is C20H23BrN6. The fourth-order valence-electron chi connectivity index (χ4n) is 3.42. The van der Waals surface area contributed by atoms with Gasteiger partial charge in [0.15, 0.2) is 5.96 Å². The molecule has 1 aliphatic rings. The van der Waals surface area contributed by atoms with E-state index < -0.39 is 0 Å². The lowest BCUT2D eigenvalue weighted by Gasteiger charge is -2.37. The van der Waals surface area contributed by atoms with E-state index >= 15 is 0 Å². The molecule has 6 nitrogen and oxygen atoms in total. The third-order valence-electron chi connectivity index (χ3n) is 4.80. The molecule has 0 bridgehead atoms. The van der Waals surface area contributed by atoms with Crippen molar-refractivity contribution in [2.24, 2.45) is 4.99 Å². The minimum Gasteiger partial charge on any atom is -0.368 e. The van der Waals surface area contributed by atoms with Crippen LogP contribution in [0, 0.1) is 0 Å². The summed E-state index contributed by atoms with van der Waals surface area (Å²) >= 11 is 3.49. The van der Waals surface area contributed by atoms with Gasteiger partial charge in [0.1, 0.15) is 5.65 Å². The highest BCUT2D eigenvalue weighted by atomic mass is 79.9. The second-order valence-electron chi connectivity index (χ2n) is 6.56. The normalized spacial score (nSPS) is 15.4. The van der Waals surface area contributed by atoms with Crippen molar-refractivity contribution >= 4 is 33.2 Å². The van der Waals surface area contributed by atoms with E-state index in [4.69, 9.17) is 0 Å². The minimum atomic E-state index is 0.658. The van der Waals surface area contributed by atoms with Crippen molar-refractivity contribution in [2.75, 3.05) is 38.1 Å². The molecular weight excluding hydrogens is 404 g/mol. The van der Waals surface area contributed by atoms with Gasteiger partial charge < -0.3 is 19.5 Å². The summed E-state index contributed by atoms with van der Waals surface area (Å²) < 4.78 is 3.07. The minimum absolute atomic E-state index is 0.658. The molecule has 0 amide bonds. The van der Waals surface area contributed by atoms with Crippen molar-refractivity contribution in [1.29, 1.82) is 0 Å². The number of anilines is 1. The second kappa shape index (κ2) is 8.00. The van der Waals surface area contributed by atoms with Crippen LogP contribution in [0.5, 0.6) is 0 Å². The number of pyridine rings is 1. The van der Waals surface area contributed by atoms with Crippen molar-refractivity contribution in [3.63, 3.8) is 0 Å². The third kappa shape index (κ3) is 4.08. The molecule has 140 valence electrons. The summed E-state index contributed by atoms with van der Waals surface area (Å²) in [5.74, 6) is 0.931. The smallest absolute Gasteiger partial charge is 0.194 e. The van der Waals surface area contributed by atoms with E-state index in [1.54, 1.807) is 0 Å². The summed E-state index contributed by atoms with van der Waals surface area (Å²) in [6.07, 6.45) is 4.07. The van der Waals surface area contributed by atoms with Crippen LogP contribution in [-0.4, -0.2) is 53.5 Å². The molecule has 27 heavy (non-hydrogen) atoms. The lowest BCUT2D eigenvalue weighted by Crippen LogP contribution is -2.52. The van der Waals surface area contributed by atoms with Gasteiger partial charge in [0.25, 0.3) is 0 Å². The fraction of sp³-hybridized carbons (Fsp3) is 0.300. The van der Waals surface area contributed by atoms with Gasteiger partial charge >= 0.3 is 0 Å². The zero-order chi connectivity index (χ0) is 18.6. The molecule has 0 radical (unpaired) electrons. The number of hydrogen-bond acceptors (Lipinski definition) is 3. The zero-order valence-corrected chi connectivity index (χ0v) is 16.9. The van der Waals surface area contributed by atoms with Gasteiger partial charge in [0.2, 0.25) is 0 Å². The molecule has 0 unspecified atom stereocenters. The van der Waals surface area contributed by atoms with Gasteiger partial charge in [0, 0.05) is 55.8 Å². The number of imidazole rings is 1. The van der Waals surface area contributed by atoms with Crippen LogP contribution in [0.3, 0.4) is 0 Å². The predicted octanol–water partition coefficient (Wildman–Crippen LogP) is 2.99. The summed E-state index contributed by atoms with van der Waals surface area (Å²) in [7, 11) is 1.84. The van der Waals surface area contributed by atoms with Gasteiger partial charge in [-0.2, -0.15) is 0 Å². The Morgan fingerprint density at radius 2 is 1.85 bits per heavy atom. The number of piperazine rings is 1. The second-order valence-corrected chi connectivity index (χ2v) is 7.47.